The van der Waals surface area contributed by atoms with Crippen LogP contribution in [0.2, 0.25) is 0 Å². The molecule has 26 heavy (non-hydrogen) atoms. The van der Waals surface area contributed by atoms with Crippen molar-refractivity contribution in [3.8, 4) is 11.3 Å². The van der Waals surface area contributed by atoms with Crippen LogP contribution in [0, 0.1) is 5.41 Å². The number of aromatic nitrogens is 2. The lowest BCUT2D eigenvalue weighted by Gasteiger charge is -2.28. The van der Waals surface area contributed by atoms with Crippen LogP contribution in [0.1, 0.15) is 53.4 Å². The summed E-state index contributed by atoms with van der Waals surface area (Å²) in [5.41, 5.74) is 2.02. The third kappa shape index (κ3) is 2.46. The van der Waals surface area contributed by atoms with Crippen molar-refractivity contribution in [3.05, 3.63) is 53.5 Å². The van der Waals surface area contributed by atoms with Crippen LogP contribution < -0.4 is 0 Å². The molecule has 2 heterocycles. The first-order valence-electron chi connectivity index (χ1n) is 8.88. The number of Topliss-reactive ketones (excluding diaryl/α,β-unsaturated/α-hetero) is 2. The number of dihydropyridines is 1. The molecule has 1 aliphatic heterocycles. The third-order valence-electron chi connectivity index (χ3n) is 5.02. The molecule has 1 aromatic heterocycles. The number of aliphatic imine (C=N–C) groups is 1. The van der Waals surface area contributed by atoms with E-state index in [-0.39, 0.29) is 11.3 Å². The molecule has 0 saturated carbocycles. The number of imidazole rings is 1. The van der Waals surface area contributed by atoms with Gasteiger partial charge in [0.2, 0.25) is 5.78 Å². The largest absolute Gasteiger partial charge is 0.323 e. The summed E-state index contributed by atoms with van der Waals surface area (Å²) >= 11 is 0. The summed E-state index contributed by atoms with van der Waals surface area (Å²) in [5, 5.41) is 0. The van der Waals surface area contributed by atoms with E-state index in [1.54, 1.807) is 18.3 Å². The van der Waals surface area contributed by atoms with E-state index in [0.29, 0.717) is 30.0 Å². The van der Waals surface area contributed by atoms with Gasteiger partial charge in [0.05, 0.1) is 0 Å². The minimum atomic E-state index is -0.468. The molecule has 0 radical (unpaired) electrons. The highest BCUT2D eigenvalue weighted by Gasteiger charge is 2.38. The van der Waals surface area contributed by atoms with Crippen molar-refractivity contribution in [2.45, 2.75) is 33.2 Å². The molecule has 0 amide bonds. The van der Waals surface area contributed by atoms with Gasteiger partial charge in [-0.05, 0) is 6.08 Å². The zero-order chi connectivity index (χ0) is 18.5. The molecule has 0 bridgehead atoms. The average Bonchev–Trinajstić information content (AvgIpc) is 2.99. The van der Waals surface area contributed by atoms with Crippen LogP contribution in [-0.2, 0) is 6.54 Å². The first-order valence-corrected chi connectivity index (χ1v) is 8.88. The summed E-state index contributed by atoms with van der Waals surface area (Å²) in [6.45, 7) is 7.43. The van der Waals surface area contributed by atoms with E-state index < -0.39 is 11.6 Å². The molecule has 0 N–H and O–H groups in total. The highest BCUT2D eigenvalue weighted by atomic mass is 16.2. The second-order valence-corrected chi connectivity index (χ2v) is 7.61. The number of benzene rings is 1. The number of hydrogen-bond donors (Lipinski definition) is 0. The van der Waals surface area contributed by atoms with Gasteiger partial charge in [-0.1, -0.05) is 51.1 Å². The van der Waals surface area contributed by atoms with Crippen molar-refractivity contribution in [3.63, 3.8) is 0 Å². The molecule has 1 atom stereocenters. The molecule has 1 aromatic carbocycles. The Balaban J connectivity index is 1.92. The van der Waals surface area contributed by atoms with E-state index >= 15 is 0 Å². The van der Waals surface area contributed by atoms with Gasteiger partial charge >= 0.3 is 0 Å². The van der Waals surface area contributed by atoms with Gasteiger partial charge in [-0.3, -0.25) is 14.6 Å². The van der Waals surface area contributed by atoms with Crippen LogP contribution in [0.5, 0.6) is 0 Å². The molecule has 0 spiro atoms. The molecule has 2 aromatic rings. The molecular weight excluding hydrogens is 326 g/mol. The Morgan fingerprint density at radius 3 is 2.54 bits per heavy atom. The second kappa shape index (κ2) is 5.87. The summed E-state index contributed by atoms with van der Waals surface area (Å²) < 4.78 is 1.95. The van der Waals surface area contributed by atoms with Gasteiger partial charge in [-0.25, -0.2) is 4.98 Å². The Morgan fingerprint density at radius 1 is 1.15 bits per heavy atom. The van der Waals surface area contributed by atoms with Gasteiger partial charge in [0, 0.05) is 41.8 Å². The molecule has 0 fully saturated rings. The Hall–Kier alpha value is -2.82. The molecule has 5 heteroatoms. The number of ketones is 2. The van der Waals surface area contributed by atoms with E-state index in [0.717, 1.165) is 11.4 Å². The highest BCUT2D eigenvalue weighted by Crippen LogP contribution is 2.37. The lowest BCUT2D eigenvalue weighted by molar-refractivity contribution is 0.0808. The maximum Gasteiger partial charge on any atom is 0.252 e. The summed E-state index contributed by atoms with van der Waals surface area (Å²) in [6, 6.07) is 7.22. The smallest absolute Gasteiger partial charge is 0.252 e. The van der Waals surface area contributed by atoms with Gasteiger partial charge in [0.15, 0.2) is 0 Å². The monoisotopic (exact) mass is 347 g/mol. The lowest BCUT2D eigenvalue weighted by Crippen LogP contribution is -2.31. The summed E-state index contributed by atoms with van der Waals surface area (Å²) in [4.78, 5) is 34.7. The Labute approximate surface area is 152 Å². The normalized spacial score (nSPS) is 21.2. The van der Waals surface area contributed by atoms with Crippen LogP contribution in [0.25, 0.3) is 11.3 Å². The number of rotatable bonds is 3. The predicted molar refractivity (Wildman–Crippen MR) is 101 cm³/mol. The van der Waals surface area contributed by atoms with Gasteiger partial charge in [0.1, 0.15) is 17.2 Å². The van der Waals surface area contributed by atoms with Crippen LogP contribution in [0.4, 0.5) is 0 Å². The molecule has 2 aliphatic rings. The van der Waals surface area contributed by atoms with Crippen LogP contribution in [0.3, 0.4) is 0 Å². The average molecular weight is 347 g/mol. The molecular formula is C21H21N3O2. The Bertz CT molecular complexity index is 981. The van der Waals surface area contributed by atoms with Crippen molar-refractivity contribution >= 4 is 17.8 Å². The topological polar surface area (TPSA) is 64.3 Å². The summed E-state index contributed by atoms with van der Waals surface area (Å²) in [7, 11) is 0. The number of carbonyl (C=O) groups is 2. The van der Waals surface area contributed by atoms with Gasteiger partial charge in [0.25, 0.3) is 5.78 Å². The van der Waals surface area contributed by atoms with Crippen LogP contribution >= 0.6 is 0 Å². The molecule has 5 nitrogen and oxygen atoms in total. The zero-order valence-electron chi connectivity index (χ0n) is 15.2. The quantitative estimate of drug-likeness (QED) is 0.795. The van der Waals surface area contributed by atoms with Crippen molar-refractivity contribution < 1.29 is 9.59 Å². The number of nitrogens with zero attached hydrogens (tertiary/aromatic N) is 3. The number of allylic oxidation sites excluding steroid dienone is 1. The summed E-state index contributed by atoms with van der Waals surface area (Å²) in [6.07, 6.45) is 5.84. The molecule has 132 valence electrons. The lowest BCUT2D eigenvalue weighted by atomic mass is 9.87. The fourth-order valence-corrected chi connectivity index (χ4v) is 3.72. The third-order valence-corrected chi connectivity index (χ3v) is 5.02. The SMILES string of the molecule is CC(C)c1nc2c(n1C[C@@]1(C)C=CC=NC1)C(=O)C(=O)c1ccccc1-2. The number of hydrogen-bond acceptors (Lipinski definition) is 4. The van der Waals surface area contributed by atoms with Crippen LogP contribution in [0.15, 0.2) is 41.4 Å². The van der Waals surface area contributed by atoms with Gasteiger partial charge < -0.3 is 4.57 Å². The fourth-order valence-electron chi connectivity index (χ4n) is 3.72. The van der Waals surface area contributed by atoms with Crippen LogP contribution in [-0.4, -0.2) is 33.9 Å². The molecule has 0 saturated heterocycles. The first kappa shape index (κ1) is 16.6. The standard InChI is InChI=1S/C21H21N3O2/c1-13(2)20-23-16-14-7-4-5-8-15(14)18(25)19(26)17(16)24(20)12-21(3)9-6-10-22-11-21/h4-10,13H,11-12H2,1-3H3/t21-/m0/s1. The van der Waals surface area contributed by atoms with E-state index in [1.807, 2.05) is 22.8 Å². The fraction of sp³-hybridized carbons (Fsp3) is 0.333. The Morgan fingerprint density at radius 2 is 1.88 bits per heavy atom. The van der Waals surface area contributed by atoms with E-state index in [9.17, 15) is 9.59 Å². The van der Waals surface area contributed by atoms with Crippen molar-refractivity contribution in [2.24, 2.45) is 10.4 Å². The minimum Gasteiger partial charge on any atom is -0.323 e. The molecule has 1 aliphatic carbocycles. The van der Waals surface area contributed by atoms with E-state index in [2.05, 4.69) is 31.8 Å². The molecule has 4 rings (SSSR count). The van der Waals surface area contributed by atoms with E-state index in [4.69, 9.17) is 4.98 Å². The highest BCUT2D eigenvalue weighted by molar-refractivity contribution is 6.52. The van der Waals surface area contributed by atoms with Crippen molar-refractivity contribution in [2.75, 3.05) is 6.54 Å². The zero-order valence-corrected chi connectivity index (χ0v) is 15.2. The van der Waals surface area contributed by atoms with Crippen molar-refractivity contribution in [1.29, 1.82) is 0 Å². The first-order chi connectivity index (χ1) is 12.4. The second-order valence-electron chi connectivity index (χ2n) is 7.61. The van der Waals surface area contributed by atoms with Crippen molar-refractivity contribution in [1.82, 2.24) is 9.55 Å². The maximum atomic E-state index is 12.9. The minimum absolute atomic E-state index is 0.135. The predicted octanol–water partition coefficient (Wildman–Crippen LogP) is 3.70. The maximum absolute atomic E-state index is 12.9. The van der Waals surface area contributed by atoms with Gasteiger partial charge in [-0.15, -0.1) is 0 Å². The van der Waals surface area contributed by atoms with E-state index in [1.165, 1.54) is 0 Å². The summed E-state index contributed by atoms with van der Waals surface area (Å²) in [5.74, 6) is 0.0456. The number of fused-ring (bicyclic) bond motifs is 3. The molecule has 0 unspecified atom stereocenters. The Kier molecular flexibility index (Phi) is 3.75. The number of carbonyl (C=O) groups excluding carboxylic acids is 2. The van der Waals surface area contributed by atoms with Gasteiger partial charge in [-0.2, -0.15) is 0 Å².